The Kier molecular flexibility index (Phi) is 5.13. The topological polar surface area (TPSA) is 0 Å². The lowest BCUT2D eigenvalue weighted by molar-refractivity contribution is 0.151. The van der Waals surface area contributed by atoms with Crippen LogP contribution in [0.15, 0.2) is 29.8 Å². The smallest absolute Gasteiger partial charge is 0.205 e. The molecule has 88 valence electrons. The Morgan fingerprint density at radius 3 is 2.56 bits per heavy atom. The number of hydrogen-bond acceptors (Lipinski definition) is 0. The largest absolute Gasteiger partial charge is 0.263 e. The van der Waals surface area contributed by atoms with Gasteiger partial charge in [0.05, 0.1) is 0 Å². The van der Waals surface area contributed by atoms with E-state index in [2.05, 4.69) is 29.8 Å². The highest BCUT2D eigenvalue weighted by molar-refractivity contribution is 9.09. The summed E-state index contributed by atoms with van der Waals surface area (Å²) in [6.07, 6.45) is -0.439. The molecule has 0 aliphatic heterocycles. The molecule has 0 aliphatic carbocycles. The average molecular weight is 289 g/mol. The Morgan fingerprint density at radius 1 is 1.38 bits per heavy atom. The Hall–Kier alpha value is -0.700. The maximum atomic E-state index is 12.5. The number of alkyl halides is 3. The molecule has 0 saturated carbocycles. The van der Waals surface area contributed by atoms with Crippen LogP contribution >= 0.6 is 15.9 Å². The molecular weight excluding hydrogens is 274 g/mol. The van der Waals surface area contributed by atoms with E-state index in [1.54, 1.807) is 6.07 Å². The van der Waals surface area contributed by atoms with Crippen LogP contribution in [0.1, 0.15) is 31.4 Å². The second-order valence-electron chi connectivity index (χ2n) is 3.98. The molecule has 0 aromatic heterocycles. The molecule has 0 unspecified atom stereocenters. The normalized spacial score (nSPS) is 12.6. The van der Waals surface area contributed by atoms with Crippen molar-refractivity contribution in [2.45, 2.75) is 20.3 Å². The third-order valence-electron chi connectivity index (χ3n) is 2.41. The van der Waals surface area contributed by atoms with Crippen LogP contribution < -0.4 is 0 Å². The van der Waals surface area contributed by atoms with E-state index in [4.69, 9.17) is 0 Å². The van der Waals surface area contributed by atoms with Gasteiger partial charge in [-0.15, -0.1) is 0 Å². The number of benzene rings is 1. The van der Waals surface area contributed by atoms with Gasteiger partial charge in [0, 0.05) is 10.9 Å². The number of allylic oxidation sites excluding steroid dienone is 1. The number of hydrogen-bond donors (Lipinski definition) is 0. The number of rotatable bonds is 4. The van der Waals surface area contributed by atoms with Crippen molar-refractivity contribution >= 4 is 22.0 Å². The summed E-state index contributed by atoms with van der Waals surface area (Å²) >= 11 is 3.40. The SMILES string of the molecule is CC(C)/C(=C/c1cccc(C(F)F)c1)CBr. The molecular formula is C13H15BrF2. The molecule has 0 amide bonds. The summed E-state index contributed by atoms with van der Waals surface area (Å²) in [6.45, 7) is 4.17. The standard InChI is InChI=1S/C13H15BrF2/c1-9(2)12(8-14)7-10-4-3-5-11(6-10)13(15)16/h3-7,9,13H,8H2,1-2H3/b12-7+. The lowest BCUT2D eigenvalue weighted by Gasteiger charge is -2.08. The first-order valence-electron chi connectivity index (χ1n) is 5.19. The lowest BCUT2D eigenvalue weighted by atomic mass is 10.0. The summed E-state index contributed by atoms with van der Waals surface area (Å²) in [6, 6.07) is 6.50. The van der Waals surface area contributed by atoms with E-state index < -0.39 is 6.43 Å². The second-order valence-corrected chi connectivity index (χ2v) is 4.54. The molecule has 0 nitrogen and oxygen atoms in total. The molecule has 0 radical (unpaired) electrons. The van der Waals surface area contributed by atoms with Crippen LogP contribution in [-0.2, 0) is 0 Å². The molecule has 1 aromatic rings. The van der Waals surface area contributed by atoms with E-state index in [9.17, 15) is 8.78 Å². The van der Waals surface area contributed by atoms with Crippen molar-refractivity contribution in [1.29, 1.82) is 0 Å². The Labute approximate surface area is 103 Å². The van der Waals surface area contributed by atoms with Crippen molar-refractivity contribution in [3.05, 3.63) is 41.0 Å². The minimum atomic E-state index is -2.40. The first-order chi connectivity index (χ1) is 7.54. The lowest BCUT2D eigenvalue weighted by Crippen LogP contribution is -1.95. The third kappa shape index (κ3) is 3.71. The van der Waals surface area contributed by atoms with Crippen molar-refractivity contribution in [2.24, 2.45) is 5.92 Å². The quantitative estimate of drug-likeness (QED) is 0.680. The van der Waals surface area contributed by atoms with Crippen molar-refractivity contribution in [1.82, 2.24) is 0 Å². The zero-order valence-electron chi connectivity index (χ0n) is 9.38. The minimum Gasteiger partial charge on any atom is -0.205 e. The van der Waals surface area contributed by atoms with Gasteiger partial charge in [-0.25, -0.2) is 8.78 Å². The second kappa shape index (κ2) is 6.14. The molecule has 3 heteroatoms. The van der Waals surface area contributed by atoms with Crippen LogP contribution in [0, 0.1) is 5.92 Å². The molecule has 1 aromatic carbocycles. The fraction of sp³-hybridized carbons (Fsp3) is 0.385. The van der Waals surface area contributed by atoms with Crippen LogP contribution in [-0.4, -0.2) is 5.33 Å². The molecule has 1 rings (SSSR count). The van der Waals surface area contributed by atoms with Gasteiger partial charge < -0.3 is 0 Å². The maximum absolute atomic E-state index is 12.5. The van der Waals surface area contributed by atoms with Crippen LogP contribution in [0.3, 0.4) is 0 Å². The van der Waals surface area contributed by atoms with Crippen molar-refractivity contribution in [3.8, 4) is 0 Å². The zero-order chi connectivity index (χ0) is 12.1. The van der Waals surface area contributed by atoms with E-state index in [1.165, 1.54) is 17.7 Å². The molecule has 0 heterocycles. The predicted octanol–water partition coefficient (Wildman–Crippen LogP) is 5.06. The molecule has 0 aliphatic rings. The van der Waals surface area contributed by atoms with Gasteiger partial charge in [-0.1, -0.05) is 59.6 Å². The Bertz CT molecular complexity index is 370. The fourth-order valence-electron chi connectivity index (χ4n) is 1.36. The van der Waals surface area contributed by atoms with Gasteiger partial charge in [0.1, 0.15) is 0 Å². The van der Waals surface area contributed by atoms with Gasteiger partial charge in [0.15, 0.2) is 0 Å². The van der Waals surface area contributed by atoms with Crippen molar-refractivity contribution in [2.75, 3.05) is 5.33 Å². The third-order valence-corrected chi connectivity index (χ3v) is 3.06. The van der Waals surface area contributed by atoms with E-state index in [-0.39, 0.29) is 5.56 Å². The van der Waals surface area contributed by atoms with Crippen LogP contribution in [0.25, 0.3) is 6.08 Å². The minimum absolute atomic E-state index is 0.0754. The maximum Gasteiger partial charge on any atom is 0.263 e. The summed E-state index contributed by atoms with van der Waals surface area (Å²) in [5.74, 6) is 0.412. The number of halogens is 3. The van der Waals surface area contributed by atoms with Crippen molar-refractivity contribution < 1.29 is 8.78 Å². The average Bonchev–Trinajstić information content (AvgIpc) is 2.25. The Balaban J connectivity index is 3.00. The van der Waals surface area contributed by atoms with Crippen LogP contribution in [0.5, 0.6) is 0 Å². The van der Waals surface area contributed by atoms with Gasteiger partial charge in [0.25, 0.3) is 6.43 Å². The van der Waals surface area contributed by atoms with Crippen molar-refractivity contribution in [3.63, 3.8) is 0 Å². The van der Waals surface area contributed by atoms with Crippen LogP contribution in [0.4, 0.5) is 8.78 Å². The molecule has 0 fully saturated rings. The summed E-state index contributed by atoms with van der Waals surface area (Å²) in [4.78, 5) is 0. The molecule has 0 spiro atoms. The molecule has 0 bridgehead atoms. The zero-order valence-corrected chi connectivity index (χ0v) is 11.0. The monoisotopic (exact) mass is 288 g/mol. The van der Waals surface area contributed by atoms with Crippen LogP contribution in [0.2, 0.25) is 0 Å². The first kappa shape index (κ1) is 13.4. The highest BCUT2D eigenvalue weighted by Crippen LogP contribution is 2.22. The van der Waals surface area contributed by atoms with Gasteiger partial charge in [-0.2, -0.15) is 0 Å². The fourth-order valence-corrected chi connectivity index (χ4v) is 2.17. The molecule has 0 N–H and O–H groups in total. The van der Waals surface area contributed by atoms with Gasteiger partial charge in [0.2, 0.25) is 0 Å². The van der Waals surface area contributed by atoms with E-state index in [0.29, 0.717) is 5.92 Å². The van der Waals surface area contributed by atoms with Gasteiger partial charge in [-0.3, -0.25) is 0 Å². The molecule has 16 heavy (non-hydrogen) atoms. The highest BCUT2D eigenvalue weighted by Gasteiger charge is 2.07. The molecule has 0 atom stereocenters. The van der Waals surface area contributed by atoms with E-state index in [1.807, 2.05) is 12.1 Å². The predicted molar refractivity (Wildman–Crippen MR) is 68.0 cm³/mol. The summed E-state index contributed by atoms with van der Waals surface area (Å²) in [5, 5.41) is 0.767. The van der Waals surface area contributed by atoms with Gasteiger partial charge in [-0.05, 0) is 17.5 Å². The summed E-state index contributed by atoms with van der Waals surface area (Å²) < 4.78 is 25.0. The highest BCUT2D eigenvalue weighted by atomic mass is 79.9. The van der Waals surface area contributed by atoms with E-state index >= 15 is 0 Å². The van der Waals surface area contributed by atoms with E-state index in [0.717, 1.165) is 10.9 Å². The Morgan fingerprint density at radius 2 is 2.06 bits per heavy atom. The summed E-state index contributed by atoms with van der Waals surface area (Å²) in [7, 11) is 0. The van der Waals surface area contributed by atoms with Gasteiger partial charge >= 0.3 is 0 Å². The molecule has 0 saturated heterocycles. The first-order valence-corrected chi connectivity index (χ1v) is 6.31. The summed E-state index contributed by atoms with van der Waals surface area (Å²) in [5.41, 5.74) is 2.11.